The van der Waals surface area contributed by atoms with E-state index in [1.54, 1.807) is 12.1 Å². The smallest absolute Gasteiger partial charge is 0.343 e. The molecular weight excluding hydrogens is 414 g/mol. The fraction of sp³-hybridized carbons (Fsp3) is 0.500. The molecular formula is C26H34F2O4. The third-order valence-corrected chi connectivity index (χ3v) is 5.08. The summed E-state index contributed by atoms with van der Waals surface area (Å²) in [4.78, 5) is 12.3. The quantitative estimate of drug-likeness (QED) is 0.161. The third-order valence-electron chi connectivity index (χ3n) is 5.08. The molecule has 0 aliphatic carbocycles. The summed E-state index contributed by atoms with van der Waals surface area (Å²) >= 11 is 0. The van der Waals surface area contributed by atoms with Crippen molar-refractivity contribution < 1.29 is 27.8 Å². The van der Waals surface area contributed by atoms with Crippen LogP contribution in [-0.2, 0) is 0 Å². The fourth-order valence-electron chi connectivity index (χ4n) is 3.16. The van der Waals surface area contributed by atoms with Crippen LogP contribution in [0.4, 0.5) is 8.78 Å². The molecule has 0 saturated carbocycles. The highest BCUT2D eigenvalue weighted by Gasteiger charge is 2.19. The minimum Gasteiger partial charge on any atom is -0.494 e. The lowest BCUT2D eigenvalue weighted by Crippen LogP contribution is -2.10. The van der Waals surface area contributed by atoms with Gasteiger partial charge >= 0.3 is 5.97 Å². The summed E-state index contributed by atoms with van der Waals surface area (Å²) in [6, 6.07) is 8.87. The monoisotopic (exact) mass is 448 g/mol. The largest absolute Gasteiger partial charge is 0.494 e. The first-order chi connectivity index (χ1) is 15.6. The lowest BCUT2D eigenvalue weighted by molar-refractivity contribution is 0.0726. The number of esters is 1. The van der Waals surface area contributed by atoms with E-state index in [0.29, 0.717) is 19.0 Å². The average molecular weight is 449 g/mol. The number of hydrogen-bond acceptors (Lipinski definition) is 4. The summed E-state index contributed by atoms with van der Waals surface area (Å²) in [5.41, 5.74) is 0.218. The van der Waals surface area contributed by atoms with Gasteiger partial charge in [0.05, 0.1) is 18.8 Å². The molecule has 6 heteroatoms. The van der Waals surface area contributed by atoms with Gasteiger partial charge in [-0.2, -0.15) is 8.78 Å². The van der Waals surface area contributed by atoms with Crippen molar-refractivity contribution in [2.45, 2.75) is 71.6 Å². The highest BCUT2D eigenvalue weighted by atomic mass is 19.2. The third kappa shape index (κ3) is 8.48. The summed E-state index contributed by atoms with van der Waals surface area (Å²) in [7, 11) is 0. The van der Waals surface area contributed by atoms with E-state index in [9.17, 15) is 13.6 Å². The molecule has 0 saturated heterocycles. The van der Waals surface area contributed by atoms with Crippen LogP contribution in [0.15, 0.2) is 36.4 Å². The molecule has 0 amide bonds. The van der Waals surface area contributed by atoms with Crippen molar-refractivity contribution in [3.8, 4) is 17.2 Å². The Morgan fingerprint density at radius 3 is 1.88 bits per heavy atom. The second-order valence-electron chi connectivity index (χ2n) is 7.78. The fourth-order valence-corrected chi connectivity index (χ4v) is 3.16. The Morgan fingerprint density at radius 1 is 0.688 bits per heavy atom. The Hall–Kier alpha value is -2.63. The molecule has 0 atom stereocenters. The molecule has 0 fully saturated rings. The first-order valence-electron chi connectivity index (χ1n) is 11.6. The Balaban J connectivity index is 1.86. The van der Waals surface area contributed by atoms with Gasteiger partial charge in [0.1, 0.15) is 5.75 Å². The highest BCUT2D eigenvalue weighted by molar-refractivity contribution is 5.91. The number of ether oxygens (including phenoxy) is 3. The van der Waals surface area contributed by atoms with Gasteiger partial charge in [-0.1, -0.05) is 58.8 Å². The minimum atomic E-state index is -1.24. The maximum Gasteiger partial charge on any atom is 0.343 e. The van der Waals surface area contributed by atoms with Gasteiger partial charge < -0.3 is 14.2 Å². The Labute approximate surface area is 189 Å². The van der Waals surface area contributed by atoms with Crippen molar-refractivity contribution in [2.24, 2.45) is 0 Å². The van der Waals surface area contributed by atoms with Crippen molar-refractivity contribution >= 4 is 5.97 Å². The van der Waals surface area contributed by atoms with E-state index in [1.165, 1.54) is 30.7 Å². The first-order valence-corrected chi connectivity index (χ1v) is 11.6. The molecule has 0 radical (unpaired) electrons. The van der Waals surface area contributed by atoms with Gasteiger partial charge in [-0.15, -0.1) is 0 Å². The molecule has 0 heterocycles. The molecule has 2 aromatic rings. The molecule has 32 heavy (non-hydrogen) atoms. The van der Waals surface area contributed by atoms with Gasteiger partial charge in [-0.25, -0.2) is 4.79 Å². The van der Waals surface area contributed by atoms with E-state index in [1.807, 2.05) is 0 Å². The van der Waals surface area contributed by atoms with Gasteiger partial charge in [0.15, 0.2) is 11.5 Å². The van der Waals surface area contributed by atoms with Crippen LogP contribution in [0.2, 0.25) is 0 Å². The molecule has 0 aromatic heterocycles. The summed E-state index contributed by atoms with van der Waals surface area (Å²) in [5, 5.41) is 0. The zero-order valence-electron chi connectivity index (χ0n) is 19.1. The van der Waals surface area contributed by atoms with Crippen LogP contribution in [0.25, 0.3) is 0 Å². The predicted molar refractivity (Wildman–Crippen MR) is 122 cm³/mol. The topological polar surface area (TPSA) is 44.8 Å². The lowest BCUT2D eigenvalue weighted by Gasteiger charge is -2.11. The molecule has 2 aromatic carbocycles. The van der Waals surface area contributed by atoms with E-state index in [2.05, 4.69) is 13.8 Å². The minimum absolute atomic E-state index is 0.182. The van der Waals surface area contributed by atoms with E-state index in [-0.39, 0.29) is 11.3 Å². The van der Waals surface area contributed by atoms with Crippen LogP contribution in [0.1, 0.15) is 82.0 Å². The number of carbonyl (C=O) groups is 1. The standard InChI is InChI=1S/C26H34F2O4/c1-3-5-7-9-11-19-31-22-16-17-23(25(28)24(22)27)32-26(29)20-12-14-21(15-13-20)30-18-10-8-6-4-2/h12-17H,3-11,18-19H2,1-2H3. The maximum atomic E-state index is 14.4. The summed E-state index contributed by atoms with van der Waals surface area (Å²) in [6.07, 6.45) is 9.57. The van der Waals surface area contributed by atoms with Gasteiger partial charge in [0, 0.05) is 0 Å². The highest BCUT2D eigenvalue weighted by Crippen LogP contribution is 2.28. The molecule has 0 aliphatic rings. The van der Waals surface area contributed by atoms with Gasteiger partial charge in [0.25, 0.3) is 0 Å². The Bertz CT molecular complexity index is 821. The number of benzene rings is 2. The maximum absolute atomic E-state index is 14.4. The van der Waals surface area contributed by atoms with Crippen molar-refractivity contribution in [1.29, 1.82) is 0 Å². The van der Waals surface area contributed by atoms with Crippen LogP contribution in [0.5, 0.6) is 17.2 Å². The van der Waals surface area contributed by atoms with Crippen molar-refractivity contribution in [3.05, 3.63) is 53.6 Å². The van der Waals surface area contributed by atoms with Crippen molar-refractivity contribution in [1.82, 2.24) is 0 Å². The molecule has 0 spiro atoms. The number of unbranched alkanes of at least 4 members (excludes halogenated alkanes) is 7. The second kappa shape index (κ2) is 14.4. The van der Waals surface area contributed by atoms with Crippen LogP contribution in [-0.4, -0.2) is 19.2 Å². The normalized spacial score (nSPS) is 10.8. The van der Waals surface area contributed by atoms with Gasteiger partial charge in [-0.05, 0) is 49.2 Å². The molecule has 0 N–H and O–H groups in total. The lowest BCUT2D eigenvalue weighted by atomic mass is 10.2. The zero-order valence-corrected chi connectivity index (χ0v) is 19.1. The van der Waals surface area contributed by atoms with E-state index >= 15 is 0 Å². The number of carbonyl (C=O) groups excluding carboxylic acids is 1. The number of hydrogen-bond donors (Lipinski definition) is 0. The average Bonchev–Trinajstić information content (AvgIpc) is 2.80. The zero-order chi connectivity index (χ0) is 23.2. The second-order valence-corrected chi connectivity index (χ2v) is 7.78. The van der Waals surface area contributed by atoms with E-state index in [4.69, 9.17) is 14.2 Å². The van der Waals surface area contributed by atoms with Crippen LogP contribution >= 0.6 is 0 Å². The predicted octanol–water partition coefficient (Wildman–Crippen LogP) is 7.49. The number of halogens is 2. The Morgan fingerprint density at radius 2 is 1.22 bits per heavy atom. The van der Waals surface area contributed by atoms with Gasteiger partial charge in [-0.3, -0.25) is 0 Å². The van der Waals surface area contributed by atoms with Crippen molar-refractivity contribution in [3.63, 3.8) is 0 Å². The Kier molecular flexibility index (Phi) is 11.6. The molecule has 2 rings (SSSR count). The molecule has 0 bridgehead atoms. The summed E-state index contributed by atoms with van der Waals surface area (Å²) in [6.45, 7) is 5.20. The summed E-state index contributed by atoms with van der Waals surface area (Å²) < 4.78 is 44.7. The molecule has 0 unspecified atom stereocenters. The SMILES string of the molecule is CCCCCCCOc1ccc(OC(=O)c2ccc(OCCCCCC)cc2)c(F)c1F. The van der Waals surface area contributed by atoms with Crippen molar-refractivity contribution in [2.75, 3.05) is 13.2 Å². The molecule has 176 valence electrons. The van der Waals surface area contributed by atoms with Crippen LogP contribution in [0.3, 0.4) is 0 Å². The van der Waals surface area contributed by atoms with Gasteiger partial charge in [0.2, 0.25) is 11.6 Å². The molecule has 4 nitrogen and oxygen atoms in total. The molecule has 0 aliphatic heterocycles. The summed E-state index contributed by atoms with van der Waals surface area (Å²) in [5.74, 6) is -3.18. The first kappa shape index (κ1) is 25.6. The van der Waals surface area contributed by atoms with E-state index < -0.39 is 23.4 Å². The van der Waals surface area contributed by atoms with E-state index in [0.717, 1.165) is 51.4 Å². The van der Waals surface area contributed by atoms with Crippen LogP contribution < -0.4 is 14.2 Å². The van der Waals surface area contributed by atoms with Crippen LogP contribution in [0, 0.1) is 11.6 Å². The number of rotatable bonds is 15.